The third-order valence-electron chi connectivity index (χ3n) is 2.57. The van der Waals surface area contributed by atoms with Gasteiger partial charge in [-0.25, -0.2) is 0 Å². The predicted octanol–water partition coefficient (Wildman–Crippen LogP) is 1.17. The number of hydrogen-bond acceptors (Lipinski definition) is 5. The minimum atomic E-state index is -0.794. The van der Waals surface area contributed by atoms with Gasteiger partial charge in [0.2, 0.25) is 0 Å². The molecule has 0 bridgehead atoms. The zero-order valence-corrected chi connectivity index (χ0v) is 13.1. The van der Waals surface area contributed by atoms with Crippen LogP contribution in [0.15, 0.2) is 0 Å². The SMILES string of the molecule is CC(C)(N)CC(N)C(=O)OCC(C)(C)CC(C)(C)O. The molecule has 1 atom stereocenters. The Morgan fingerprint density at radius 3 is 2.05 bits per heavy atom. The maximum atomic E-state index is 11.8. The molecule has 0 rings (SSSR count). The summed E-state index contributed by atoms with van der Waals surface area (Å²) in [6.07, 6.45) is 0.905. The Kier molecular flexibility index (Phi) is 5.99. The molecule has 114 valence electrons. The van der Waals surface area contributed by atoms with Crippen LogP contribution in [-0.4, -0.2) is 34.9 Å². The van der Waals surface area contributed by atoms with Crippen LogP contribution in [0.2, 0.25) is 0 Å². The molecule has 0 amide bonds. The molecule has 0 saturated heterocycles. The van der Waals surface area contributed by atoms with Gasteiger partial charge in [0.15, 0.2) is 0 Å². The molecule has 5 nitrogen and oxygen atoms in total. The van der Waals surface area contributed by atoms with E-state index < -0.39 is 23.2 Å². The maximum Gasteiger partial charge on any atom is 0.322 e. The first-order valence-corrected chi connectivity index (χ1v) is 6.65. The first kappa shape index (κ1) is 18.4. The summed E-state index contributed by atoms with van der Waals surface area (Å²) in [5, 5.41) is 9.80. The van der Waals surface area contributed by atoms with Gasteiger partial charge >= 0.3 is 5.97 Å². The van der Waals surface area contributed by atoms with Crippen molar-refractivity contribution in [3.8, 4) is 0 Å². The fraction of sp³-hybridized carbons (Fsp3) is 0.929. The highest BCUT2D eigenvalue weighted by atomic mass is 16.5. The van der Waals surface area contributed by atoms with Crippen molar-refractivity contribution in [2.24, 2.45) is 16.9 Å². The molecule has 0 radical (unpaired) electrons. The number of ether oxygens (including phenoxy) is 1. The van der Waals surface area contributed by atoms with E-state index in [1.54, 1.807) is 13.8 Å². The van der Waals surface area contributed by atoms with E-state index in [4.69, 9.17) is 16.2 Å². The van der Waals surface area contributed by atoms with Crippen molar-refractivity contribution in [2.45, 2.75) is 71.6 Å². The number of esters is 1. The van der Waals surface area contributed by atoms with Crippen molar-refractivity contribution >= 4 is 5.97 Å². The molecule has 0 fully saturated rings. The van der Waals surface area contributed by atoms with Crippen molar-refractivity contribution in [3.63, 3.8) is 0 Å². The largest absolute Gasteiger partial charge is 0.464 e. The fourth-order valence-electron chi connectivity index (χ4n) is 2.25. The highest BCUT2D eigenvalue weighted by molar-refractivity contribution is 5.75. The van der Waals surface area contributed by atoms with E-state index in [1.807, 2.05) is 27.7 Å². The van der Waals surface area contributed by atoms with Crippen LogP contribution in [0, 0.1) is 5.41 Å². The van der Waals surface area contributed by atoms with Gasteiger partial charge < -0.3 is 21.3 Å². The molecule has 0 aromatic carbocycles. The lowest BCUT2D eigenvalue weighted by Crippen LogP contribution is -2.44. The van der Waals surface area contributed by atoms with Crippen LogP contribution in [0.3, 0.4) is 0 Å². The molecule has 5 heteroatoms. The van der Waals surface area contributed by atoms with Gasteiger partial charge in [0.05, 0.1) is 12.2 Å². The summed E-state index contributed by atoms with van der Waals surface area (Å²) in [6.45, 7) is 11.2. The Morgan fingerprint density at radius 1 is 1.21 bits per heavy atom. The molecule has 0 aromatic heterocycles. The Hall–Kier alpha value is -0.650. The smallest absolute Gasteiger partial charge is 0.322 e. The summed E-state index contributed by atoms with van der Waals surface area (Å²) in [7, 11) is 0. The zero-order chi connectivity index (χ0) is 15.5. The third kappa shape index (κ3) is 9.87. The van der Waals surface area contributed by atoms with Gasteiger partial charge in [-0.2, -0.15) is 0 Å². The predicted molar refractivity (Wildman–Crippen MR) is 76.5 cm³/mol. The molecule has 1 unspecified atom stereocenters. The molecule has 19 heavy (non-hydrogen) atoms. The second-order valence-electron chi connectivity index (χ2n) is 7.56. The van der Waals surface area contributed by atoms with Gasteiger partial charge in [0, 0.05) is 11.0 Å². The monoisotopic (exact) mass is 274 g/mol. The molecular weight excluding hydrogens is 244 g/mol. The molecule has 0 aliphatic rings. The molecule has 0 aliphatic carbocycles. The van der Waals surface area contributed by atoms with Gasteiger partial charge in [0.25, 0.3) is 0 Å². The van der Waals surface area contributed by atoms with Gasteiger partial charge in [-0.05, 0) is 40.5 Å². The zero-order valence-electron chi connectivity index (χ0n) is 13.1. The number of carbonyl (C=O) groups excluding carboxylic acids is 1. The molecule has 0 aromatic rings. The van der Waals surface area contributed by atoms with Crippen molar-refractivity contribution in [3.05, 3.63) is 0 Å². The van der Waals surface area contributed by atoms with Crippen molar-refractivity contribution in [1.29, 1.82) is 0 Å². The molecule has 0 aliphatic heterocycles. The lowest BCUT2D eigenvalue weighted by atomic mass is 9.82. The van der Waals surface area contributed by atoms with E-state index in [2.05, 4.69) is 0 Å². The quantitative estimate of drug-likeness (QED) is 0.605. The summed E-state index contributed by atoms with van der Waals surface area (Å²) in [4.78, 5) is 11.8. The number of nitrogens with two attached hydrogens (primary N) is 2. The Bertz CT molecular complexity index is 301. The summed E-state index contributed by atoms with van der Waals surface area (Å²) in [5.74, 6) is -0.442. The van der Waals surface area contributed by atoms with E-state index in [0.717, 1.165) is 0 Å². The number of aliphatic hydroxyl groups is 1. The average Bonchev–Trinajstić information content (AvgIpc) is 2.07. The Morgan fingerprint density at radius 2 is 1.68 bits per heavy atom. The first-order valence-electron chi connectivity index (χ1n) is 6.65. The highest BCUT2D eigenvalue weighted by Crippen LogP contribution is 2.28. The van der Waals surface area contributed by atoms with E-state index in [1.165, 1.54) is 0 Å². The van der Waals surface area contributed by atoms with E-state index >= 15 is 0 Å². The van der Waals surface area contributed by atoms with Gasteiger partial charge in [-0.3, -0.25) is 4.79 Å². The third-order valence-corrected chi connectivity index (χ3v) is 2.57. The molecule has 0 spiro atoms. The summed E-state index contributed by atoms with van der Waals surface area (Å²) in [5.41, 5.74) is 9.98. The fourth-order valence-corrected chi connectivity index (χ4v) is 2.25. The van der Waals surface area contributed by atoms with Crippen molar-refractivity contribution in [1.82, 2.24) is 0 Å². The van der Waals surface area contributed by atoms with E-state index in [0.29, 0.717) is 12.8 Å². The Balaban J connectivity index is 4.29. The number of hydrogen-bond donors (Lipinski definition) is 3. The van der Waals surface area contributed by atoms with Crippen LogP contribution in [0.25, 0.3) is 0 Å². The summed E-state index contributed by atoms with van der Waals surface area (Å²) >= 11 is 0. The van der Waals surface area contributed by atoms with Crippen LogP contribution in [0.4, 0.5) is 0 Å². The molecule has 5 N–H and O–H groups in total. The topological polar surface area (TPSA) is 98.6 Å². The van der Waals surface area contributed by atoms with Crippen LogP contribution >= 0.6 is 0 Å². The first-order chi connectivity index (χ1) is 8.22. The van der Waals surface area contributed by atoms with Gasteiger partial charge in [-0.1, -0.05) is 13.8 Å². The summed E-state index contributed by atoms with van der Waals surface area (Å²) < 4.78 is 5.23. The van der Waals surface area contributed by atoms with Crippen LogP contribution < -0.4 is 11.5 Å². The van der Waals surface area contributed by atoms with Crippen LogP contribution in [-0.2, 0) is 9.53 Å². The molecule has 0 saturated carbocycles. The lowest BCUT2D eigenvalue weighted by molar-refractivity contribution is -0.150. The Labute approximate surface area is 116 Å². The standard InChI is InChI=1S/C14H30N2O3/c1-12(2,8-14(5,6)18)9-19-11(17)10(15)7-13(3,4)16/h10,18H,7-9,15-16H2,1-6H3. The minimum Gasteiger partial charge on any atom is -0.464 e. The average molecular weight is 274 g/mol. The van der Waals surface area contributed by atoms with Gasteiger partial charge in [-0.15, -0.1) is 0 Å². The van der Waals surface area contributed by atoms with E-state index in [9.17, 15) is 9.90 Å². The van der Waals surface area contributed by atoms with Crippen LogP contribution in [0.5, 0.6) is 0 Å². The van der Waals surface area contributed by atoms with Crippen LogP contribution in [0.1, 0.15) is 54.4 Å². The second kappa shape index (κ2) is 6.20. The number of rotatable bonds is 7. The lowest BCUT2D eigenvalue weighted by Gasteiger charge is -2.31. The summed E-state index contributed by atoms with van der Waals surface area (Å²) in [6, 6.07) is -0.710. The highest BCUT2D eigenvalue weighted by Gasteiger charge is 2.30. The maximum absolute atomic E-state index is 11.8. The molecular formula is C14H30N2O3. The van der Waals surface area contributed by atoms with Gasteiger partial charge in [0.1, 0.15) is 6.04 Å². The normalized spacial score (nSPS) is 15.2. The molecule has 0 heterocycles. The minimum absolute atomic E-state index is 0.231. The van der Waals surface area contributed by atoms with Crippen molar-refractivity contribution in [2.75, 3.05) is 6.61 Å². The van der Waals surface area contributed by atoms with E-state index in [-0.39, 0.29) is 12.0 Å². The number of carbonyl (C=O) groups is 1. The van der Waals surface area contributed by atoms with Crippen molar-refractivity contribution < 1.29 is 14.6 Å². The second-order valence-corrected chi connectivity index (χ2v) is 7.56.